The average Bonchev–Trinajstić information content (AvgIpc) is 2.79. The number of sulfonamides is 1. The molecule has 2 aromatic rings. The molecule has 0 amide bonds. The van der Waals surface area contributed by atoms with Crippen molar-refractivity contribution in [1.29, 1.82) is 0 Å². The van der Waals surface area contributed by atoms with Crippen LogP contribution in [0.25, 0.3) is 11.3 Å². The summed E-state index contributed by atoms with van der Waals surface area (Å²) in [7, 11) is -3.50. The van der Waals surface area contributed by atoms with Gasteiger partial charge in [0.25, 0.3) is 0 Å². The monoisotopic (exact) mass is 456 g/mol. The Morgan fingerprint density at radius 2 is 1.56 bits per heavy atom. The van der Waals surface area contributed by atoms with Gasteiger partial charge >= 0.3 is 0 Å². The number of hydrogen-bond donors (Lipinski definition) is 0. The van der Waals surface area contributed by atoms with Gasteiger partial charge in [0, 0.05) is 37.2 Å². The van der Waals surface area contributed by atoms with Crippen LogP contribution in [0.4, 0.5) is 0 Å². The van der Waals surface area contributed by atoms with Gasteiger partial charge in [-0.1, -0.05) is 20.8 Å². The highest BCUT2D eigenvalue weighted by molar-refractivity contribution is 7.89. The third-order valence-electron chi connectivity index (χ3n) is 7.23. The van der Waals surface area contributed by atoms with E-state index >= 15 is 0 Å². The molecule has 0 N–H and O–H groups in total. The minimum absolute atomic E-state index is 0.281. The summed E-state index contributed by atoms with van der Waals surface area (Å²) in [4.78, 5) is 11.3. The summed E-state index contributed by atoms with van der Waals surface area (Å²) in [6.45, 7) is 11.6. The molecular formula is C25H36N4O2S. The van der Waals surface area contributed by atoms with E-state index in [1.54, 1.807) is 28.8 Å². The number of hydrogen-bond acceptors (Lipinski definition) is 5. The summed E-state index contributed by atoms with van der Waals surface area (Å²) in [5, 5.41) is 0. The molecule has 7 heteroatoms. The van der Waals surface area contributed by atoms with E-state index in [1.807, 2.05) is 12.1 Å². The van der Waals surface area contributed by atoms with Crippen LogP contribution in [0.1, 0.15) is 52.9 Å². The van der Waals surface area contributed by atoms with Crippen molar-refractivity contribution in [2.24, 2.45) is 10.8 Å². The predicted octanol–water partition coefficient (Wildman–Crippen LogP) is 4.45. The highest BCUT2D eigenvalue weighted by Gasteiger charge is 2.40. The van der Waals surface area contributed by atoms with Gasteiger partial charge in [0.05, 0.1) is 5.69 Å². The number of pyridine rings is 2. The Kier molecular flexibility index (Phi) is 6.71. The van der Waals surface area contributed by atoms with Crippen molar-refractivity contribution < 1.29 is 8.42 Å². The van der Waals surface area contributed by atoms with Crippen LogP contribution in [0.5, 0.6) is 0 Å². The van der Waals surface area contributed by atoms with Gasteiger partial charge in [0.2, 0.25) is 10.0 Å². The van der Waals surface area contributed by atoms with Gasteiger partial charge in [-0.25, -0.2) is 8.42 Å². The molecule has 0 saturated carbocycles. The Bertz CT molecular complexity index is 982. The lowest BCUT2D eigenvalue weighted by Crippen LogP contribution is -2.48. The lowest BCUT2D eigenvalue weighted by molar-refractivity contribution is 0.0518. The van der Waals surface area contributed by atoms with Crippen molar-refractivity contribution in [2.45, 2.75) is 57.8 Å². The lowest BCUT2D eigenvalue weighted by atomic mass is 9.71. The molecule has 0 aliphatic carbocycles. The lowest BCUT2D eigenvalue weighted by Gasteiger charge is -2.46. The van der Waals surface area contributed by atoms with Gasteiger partial charge in [-0.3, -0.25) is 9.97 Å². The first-order valence-electron chi connectivity index (χ1n) is 11.8. The van der Waals surface area contributed by atoms with Gasteiger partial charge in [-0.15, -0.1) is 0 Å². The topological polar surface area (TPSA) is 66.4 Å². The second kappa shape index (κ2) is 9.20. The number of likely N-dealkylation sites (tertiary alicyclic amines) is 1. The normalized spacial score (nSPS) is 20.5. The molecule has 0 unspecified atom stereocenters. The van der Waals surface area contributed by atoms with E-state index in [0.29, 0.717) is 23.9 Å². The van der Waals surface area contributed by atoms with E-state index in [0.717, 1.165) is 37.2 Å². The molecule has 2 aromatic heterocycles. The first kappa shape index (κ1) is 23.3. The second-order valence-corrected chi connectivity index (χ2v) is 12.6. The van der Waals surface area contributed by atoms with E-state index in [-0.39, 0.29) is 4.90 Å². The minimum Gasteiger partial charge on any atom is -0.303 e. The maximum absolute atomic E-state index is 13.2. The Hall–Kier alpha value is -1.83. The number of aromatic nitrogens is 2. The van der Waals surface area contributed by atoms with Crippen LogP contribution in [0.3, 0.4) is 0 Å². The van der Waals surface area contributed by atoms with Gasteiger partial charge in [-0.2, -0.15) is 4.31 Å². The van der Waals surface area contributed by atoms with Gasteiger partial charge in [0.15, 0.2) is 0 Å². The summed E-state index contributed by atoms with van der Waals surface area (Å²) in [6.07, 6.45) is 10.4. The molecule has 4 heterocycles. The zero-order valence-electron chi connectivity index (χ0n) is 19.6. The average molecular weight is 457 g/mol. The van der Waals surface area contributed by atoms with Crippen molar-refractivity contribution in [3.05, 3.63) is 42.9 Å². The maximum Gasteiger partial charge on any atom is 0.244 e. The summed E-state index contributed by atoms with van der Waals surface area (Å²) in [5.74, 6) is 0. The molecule has 2 fully saturated rings. The fourth-order valence-electron chi connectivity index (χ4n) is 4.82. The van der Waals surface area contributed by atoms with E-state index < -0.39 is 10.0 Å². The number of nitrogens with zero attached hydrogens (tertiary/aromatic N) is 4. The molecule has 0 aromatic carbocycles. The Labute approximate surface area is 193 Å². The van der Waals surface area contributed by atoms with Crippen LogP contribution < -0.4 is 0 Å². The van der Waals surface area contributed by atoms with Crippen LogP contribution in [0, 0.1) is 10.8 Å². The van der Waals surface area contributed by atoms with Crippen LogP contribution >= 0.6 is 0 Å². The molecule has 32 heavy (non-hydrogen) atoms. The van der Waals surface area contributed by atoms with E-state index in [4.69, 9.17) is 0 Å². The van der Waals surface area contributed by atoms with Crippen molar-refractivity contribution in [1.82, 2.24) is 19.2 Å². The fraction of sp³-hybridized carbons (Fsp3) is 0.600. The van der Waals surface area contributed by atoms with Crippen molar-refractivity contribution >= 4 is 10.0 Å². The Balaban J connectivity index is 1.34. The third kappa shape index (κ3) is 5.38. The fourth-order valence-corrected chi connectivity index (χ4v) is 6.21. The molecule has 174 valence electrons. The number of piperidine rings is 2. The minimum atomic E-state index is -3.50. The highest BCUT2D eigenvalue weighted by Crippen LogP contribution is 2.42. The van der Waals surface area contributed by atoms with Gasteiger partial charge in [-0.05, 0) is 86.8 Å². The highest BCUT2D eigenvalue weighted by atomic mass is 32.2. The molecule has 0 atom stereocenters. The van der Waals surface area contributed by atoms with Gasteiger partial charge in [0.1, 0.15) is 4.90 Å². The van der Waals surface area contributed by atoms with E-state index in [2.05, 4.69) is 35.6 Å². The SMILES string of the molecule is CC(C)(C)CCN1CCC2(CC1)CCN(S(=O)(=O)c1ccc(-c3ccncc3)nc1)CC2. The first-order chi connectivity index (χ1) is 15.2. The molecule has 1 spiro atoms. The van der Waals surface area contributed by atoms with Crippen molar-refractivity contribution in [3.63, 3.8) is 0 Å². The third-order valence-corrected chi connectivity index (χ3v) is 9.11. The van der Waals surface area contributed by atoms with E-state index in [1.165, 1.54) is 32.0 Å². The Morgan fingerprint density at radius 1 is 0.938 bits per heavy atom. The molecular weight excluding hydrogens is 420 g/mol. The Morgan fingerprint density at radius 3 is 2.12 bits per heavy atom. The first-order valence-corrected chi connectivity index (χ1v) is 13.2. The molecule has 0 bridgehead atoms. The van der Waals surface area contributed by atoms with Crippen LogP contribution in [0.15, 0.2) is 47.8 Å². The zero-order valence-corrected chi connectivity index (χ0v) is 20.4. The smallest absolute Gasteiger partial charge is 0.244 e. The largest absolute Gasteiger partial charge is 0.303 e. The van der Waals surface area contributed by atoms with Crippen LogP contribution in [-0.2, 0) is 10.0 Å². The molecule has 2 aliphatic heterocycles. The van der Waals surface area contributed by atoms with Gasteiger partial charge < -0.3 is 4.90 Å². The van der Waals surface area contributed by atoms with E-state index in [9.17, 15) is 8.42 Å². The quantitative estimate of drug-likeness (QED) is 0.665. The molecule has 0 radical (unpaired) electrons. The molecule has 4 rings (SSSR count). The number of rotatable bonds is 5. The predicted molar refractivity (Wildman–Crippen MR) is 128 cm³/mol. The van der Waals surface area contributed by atoms with Crippen molar-refractivity contribution in [2.75, 3.05) is 32.7 Å². The molecule has 2 saturated heterocycles. The standard InChI is InChI=1S/C25H36N4O2S/c1-24(2,3)8-15-28-16-9-25(10-17-28)11-18-29(19-12-25)32(30,31)22-4-5-23(27-20-22)21-6-13-26-14-7-21/h4-7,13-14,20H,8-12,15-19H2,1-3H3. The maximum atomic E-state index is 13.2. The summed E-state index contributed by atoms with van der Waals surface area (Å²) in [5.41, 5.74) is 2.37. The summed E-state index contributed by atoms with van der Waals surface area (Å²) >= 11 is 0. The zero-order chi connectivity index (χ0) is 22.8. The summed E-state index contributed by atoms with van der Waals surface area (Å²) in [6, 6.07) is 7.20. The molecule has 6 nitrogen and oxygen atoms in total. The van der Waals surface area contributed by atoms with Crippen LogP contribution in [-0.4, -0.2) is 60.3 Å². The van der Waals surface area contributed by atoms with Crippen LogP contribution in [0.2, 0.25) is 0 Å². The van der Waals surface area contributed by atoms with Crippen molar-refractivity contribution in [3.8, 4) is 11.3 Å². The summed E-state index contributed by atoms with van der Waals surface area (Å²) < 4.78 is 28.1. The second-order valence-electron chi connectivity index (χ2n) is 10.7. The molecule has 2 aliphatic rings.